The zero-order chi connectivity index (χ0) is 17.0. The van der Waals surface area contributed by atoms with Crippen LogP contribution >= 0.6 is 0 Å². The number of carboxylic acid groups (broad SMARTS) is 1. The number of aliphatic carboxylic acids is 1. The van der Waals surface area contributed by atoms with Crippen LogP contribution in [0.1, 0.15) is 37.3 Å². The maximum Gasteiger partial charge on any atom is 0.336 e. The minimum absolute atomic E-state index is 0.0293. The van der Waals surface area contributed by atoms with Gasteiger partial charge in [-0.1, -0.05) is 19.8 Å². The van der Waals surface area contributed by atoms with Crippen molar-refractivity contribution in [1.29, 1.82) is 0 Å². The lowest BCUT2D eigenvalue weighted by molar-refractivity contribution is -0.139. The lowest BCUT2D eigenvalue weighted by atomic mass is 10.0. The number of aryl methyl sites for hydroxylation is 1. The quantitative estimate of drug-likeness (QED) is 0.678. The molecule has 23 heavy (non-hydrogen) atoms. The lowest BCUT2D eigenvalue weighted by Gasteiger charge is -2.15. The molecule has 6 heteroatoms. The van der Waals surface area contributed by atoms with Crippen LogP contribution in [0.15, 0.2) is 27.4 Å². The Morgan fingerprint density at radius 2 is 2.13 bits per heavy atom. The second kappa shape index (κ2) is 7.28. The maximum absolute atomic E-state index is 11.6. The maximum atomic E-state index is 11.6. The number of carbonyl (C=O) groups is 1. The first-order chi connectivity index (χ1) is 10.9. The summed E-state index contributed by atoms with van der Waals surface area (Å²) < 4.78 is 5.23. The van der Waals surface area contributed by atoms with Gasteiger partial charge in [0, 0.05) is 18.0 Å². The number of carboxylic acids is 1. The monoisotopic (exact) mass is 319 g/mol. The predicted octanol–water partition coefficient (Wildman–Crippen LogP) is 2.54. The van der Waals surface area contributed by atoms with Crippen LogP contribution in [0.4, 0.5) is 0 Å². The Kier molecular flexibility index (Phi) is 5.39. The molecule has 1 unspecified atom stereocenters. The van der Waals surface area contributed by atoms with Crippen LogP contribution in [-0.4, -0.2) is 22.2 Å². The van der Waals surface area contributed by atoms with E-state index in [1.54, 1.807) is 13.0 Å². The molecule has 0 bridgehead atoms. The van der Waals surface area contributed by atoms with Gasteiger partial charge in [-0.15, -0.1) is 0 Å². The molecule has 1 aromatic heterocycles. The Bertz CT molecular complexity index is 765. The number of nitrogens with one attached hydrogen (secondary N) is 1. The first-order valence-corrected chi connectivity index (χ1v) is 7.65. The van der Waals surface area contributed by atoms with Gasteiger partial charge < -0.3 is 19.9 Å². The normalized spacial score (nSPS) is 12.4. The molecule has 0 fully saturated rings. The minimum atomic E-state index is -0.934. The van der Waals surface area contributed by atoms with Gasteiger partial charge in [-0.2, -0.15) is 0 Å². The van der Waals surface area contributed by atoms with E-state index in [1.165, 1.54) is 12.1 Å². The van der Waals surface area contributed by atoms with Crippen molar-refractivity contribution in [3.63, 3.8) is 0 Å². The van der Waals surface area contributed by atoms with Crippen LogP contribution in [0.2, 0.25) is 0 Å². The summed E-state index contributed by atoms with van der Waals surface area (Å²) in [5.74, 6) is -0.964. The van der Waals surface area contributed by atoms with Crippen molar-refractivity contribution in [2.24, 2.45) is 0 Å². The Labute approximate surface area is 133 Å². The number of phenols is 1. The van der Waals surface area contributed by atoms with Gasteiger partial charge in [-0.3, -0.25) is 4.79 Å². The SMILES string of the molecule is CCCCC(NCc1c(O)ccc2c(C)cc(=O)oc12)C(=O)O. The van der Waals surface area contributed by atoms with Gasteiger partial charge in [-0.25, -0.2) is 4.79 Å². The minimum Gasteiger partial charge on any atom is -0.507 e. The van der Waals surface area contributed by atoms with Gasteiger partial charge in [0.15, 0.2) is 0 Å². The zero-order valence-corrected chi connectivity index (χ0v) is 13.3. The van der Waals surface area contributed by atoms with Crippen LogP contribution in [0.25, 0.3) is 11.0 Å². The van der Waals surface area contributed by atoms with Crippen molar-refractivity contribution in [2.45, 2.75) is 45.7 Å². The first kappa shape index (κ1) is 17.0. The molecule has 2 aromatic rings. The summed E-state index contributed by atoms with van der Waals surface area (Å²) in [6, 6.07) is 3.88. The van der Waals surface area contributed by atoms with E-state index in [4.69, 9.17) is 4.42 Å². The van der Waals surface area contributed by atoms with Crippen molar-refractivity contribution < 1.29 is 19.4 Å². The second-order valence-corrected chi connectivity index (χ2v) is 5.60. The molecule has 6 nitrogen and oxygen atoms in total. The number of benzene rings is 1. The number of aromatic hydroxyl groups is 1. The third-order valence-electron chi connectivity index (χ3n) is 3.87. The average molecular weight is 319 g/mol. The Hall–Kier alpha value is -2.34. The van der Waals surface area contributed by atoms with Crippen LogP contribution in [-0.2, 0) is 11.3 Å². The van der Waals surface area contributed by atoms with Crippen LogP contribution in [0, 0.1) is 6.92 Å². The van der Waals surface area contributed by atoms with E-state index in [1.807, 2.05) is 6.92 Å². The number of fused-ring (bicyclic) bond motifs is 1. The second-order valence-electron chi connectivity index (χ2n) is 5.60. The van der Waals surface area contributed by atoms with Crippen molar-refractivity contribution in [3.05, 3.63) is 39.7 Å². The van der Waals surface area contributed by atoms with Gasteiger partial charge >= 0.3 is 11.6 Å². The van der Waals surface area contributed by atoms with E-state index in [-0.39, 0.29) is 12.3 Å². The zero-order valence-electron chi connectivity index (χ0n) is 13.3. The molecule has 1 heterocycles. The molecule has 0 aliphatic rings. The van der Waals surface area contributed by atoms with E-state index in [9.17, 15) is 19.8 Å². The molecule has 0 aliphatic carbocycles. The molecule has 0 saturated heterocycles. The topological polar surface area (TPSA) is 99.8 Å². The summed E-state index contributed by atoms with van der Waals surface area (Å²) in [5.41, 5.74) is 0.939. The molecule has 0 radical (unpaired) electrons. The molecule has 0 aliphatic heterocycles. The van der Waals surface area contributed by atoms with Crippen molar-refractivity contribution >= 4 is 16.9 Å². The summed E-state index contributed by atoms with van der Waals surface area (Å²) in [5, 5.41) is 23.0. The molecular weight excluding hydrogens is 298 g/mol. The molecule has 1 atom stereocenters. The van der Waals surface area contributed by atoms with Gasteiger partial charge in [-0.05, 0) is 31.0 Å². The lowest BCUT2D eigenvalue weighted by Crippen LogP contribution is -2.36. The molecule has 2 rings (SSSR count). The van der Waals surface area contributed by atoms with Gasteiger partial charge in [0.1, 0.15) is 17.4 Å². The first-order valence-electron chi connectivity index (χ1n) is 7.65. The van der Waals surface area contributed by atoms with E-state index in [0.717, 1.165) is 23.8 Å². The molecule has 0 spiro atoms. The third-order valence-corrected chi connectivity index (χ3v) is 3.87. The number of phenolic OH excluding ortho intramolecular Hbond substituents is 1. The van der Waals surface area contributed by atoms with Crippen LogP contribution in [0.3, 0.4) is 0 Å². The highest BCUT2D eigenvalue weighted by atomic mass is 16.4. The summed E-state index contributed by atoms with van der Waals surface area (Å²) in [7, 11) is 0. The van der Waals surface area contributed by atoms with Crippen LogP contribution < -0.4 is 10.9 Å². The van der Waals surface area contributed by atoms with Crippen molar-refractivity contribution in [1.82, 2.24) is 5.32 Å². The average Bonchev–Trinajstić information content (AvgIpc) is 2.48. The summed E-state index contributed by atoms with van der Waals surface area (Å²) in [6.07, 6.45) is 2.19. The van der Waals surface area contributed by atoms with E-state index in [2.05, 4.69) is 5.32 Å². The fraction of sp³-hybridized carbons (Fsp3) is 0.412. The summed E-state index contributed by atoms with van der Waals surface area (Å²) in [4.78, 5) is 22.9. The molecule has 0 amide bonds. The van der Waals surface area contributed by atoms with Gasteiger partial charge in [0.2, 0.25) is 0 Å². The smallest absolute Gasteiger partial charge is 0.336 e. The molecule has 124 valence electrons. The fourth-order valence-corrected chi connectivity index (χ4v) is 2.55. The number of hydrogen-bond acceptors (Lipinski definition) is 5. The fourth-order valence-electron chi connectivity index (χ4n) is 2.55. The molecule has 3 N–H and O–H groups in total. The Morgan fingerprint density at radius 1 is 1.39 bits per heavy atom. The van der Waals surface area contributed by atoms with Gasteiger partial charge in [0.05, 0.1) is 5.56 Å². The highest BCUT2D eigenvalue weighted by Crippen LogP contribution is 2.28. The molecular formula is C17H21NO5. The Balaban J connectivity index is 2.33. The Morgan fingerprint density at radius 3 is 2.78 bits per heavy atom. The van der Waals surface area contributed by atoms with Crippen molar-refractivity contribution in [3.8, 4) is 5.75 Å². The number of rotatable bonds is 7. The predicted molar refractivity (Wildman–Crippen MR) is 86.7 cm³/mol. The summed E-state index contributed by atoms with van der Waals surface area (Å²) in [6.45, 7) is 3.89. The van der Waals surface area contributed by atoms with E-state index >= 15 is 0 Å². The van der Waals surface area contributed by atoms with Gasteiger partial charge in [0.25, 0.3) is 0 Å². The highest BCUT2D eigenvalue weighted by Gasteiger charge is 2.18. The van der Waals surface area contributed by atoms with E-state index in [0.29, 0.717) is 17.6 Å². The summed E-state index contributed by atoms with van der Waals surface area (Å²) >= 11 is 0. The molecule has 0 saturated carbocycles. The number of hydrogen-bond donors (Lipinski definition) is 3. The van der Waals surface area contributed by atoms with Crippen LogP contribution in [0.5, 0.6) is 5.75 Å². The highest BCUT2D eigenvalue weighted by molar-refractivity contribution is 5.85. The van der Waals surface area contributed by atoms with E-state index < -0.39 is 17.6 Å². The third kappa shape index (κ3) is 3.90. The standard InChI is InChI=1S/C17H21NO5/c1-3-4-5-13(17(21)22)18-9-12-14(19)7-6-11-10(2)8-15(20)23-16(11)12/h6-8,13,18-19H,3-5,9H2,1-2H3,(H,21,22). The molecule has 1 aromatic carbocycles. The van der Waals surface area contributed by atoms with Crippen molar-refractivity contribution in [2.75, 3.05) is 0 Å². The number of unbranched alkanes of at least 4 members (excludes halogenated alkanes) is 1. The largest absolute Gasteiger partial charge is 0.507 e.